The Kier molecular flexibility index (Phi) is 9.27. The Morgan fingerprint density at radius 3 is 2.19 bits per heavy atom. The van der Waals surface area contributed by atoms with E-state index in [-0.39, 0.29) is 35.5 Å². The van der Waals surface area contributed by atoms with Gasteiger partial charge in [0.05, 0.1) is 35.8 Å². The Morgan fingerprint density at radius 1 is 1.02 bits per heavy atom. The van der Waals surface area contributed by atoms with E-state index in [2.05, 4.69) is 36.3 Å². The minimum atomic E-state index is -0.808. The number of carbonyl (C=O) groups is 3. The van der Waals surface area contributed by atoms with Gasteiger partial charge in [0, 0.05) is 35.4 Å². The fraction of sp³-hybridized carbons (Fsp3) is 0.545. The molecule has 2 aromatic rings. The maximum atomic E-state index is 14.3. The van der Waals surface area contributed by atoms with Gasteiger partial charge in [-0.25, -0.2) is 0 Å². The number of benzene rings is 2. The van der Waals surface area contributed by atoms with E-state index in [1.165, 1.54) is 0 Å². The Balaban J connectivity index is 1.45. The van der Waals surface area contributed by atoms with Gasteiger partial charge in [-0.2, -0.15) is 0 Å². The molecule has 1 spiro atoms. The summed E-state index contributed by atoms with van der Waals surface area (Å²) in [5.41, 5.74) is 2.36. The number of anilines is 3. The highest BCUT2D eigenvalue weighted by Crippen LogP contribution is 2.69. The summed E-state index contributed by atoms with van der Waals surface area (Å²) < 4.78 is 4.75. The van der Waals surface area contributed by atoms with Gasteiger partial charge in [-0.1, -0.05) is 13.8 Å². The molecular formula is C33H44N4O5S. The molecule has 3 N–H and O–H groups in total. The van der Waals surface area contributed by atoms with Crippen molar-refractivity contribution in [2.75, 3.05) is 41.8 Å². The number of likely N-dealkylation sites (tertiary alicyclic amines) is 1. The number of thioether (sulfide) groups is 1. The second-order valence-electron chi connectivity index (χ2n) is 11.7. The van der Waals surface area contributed by atoms with Gasteiger partial charge in [0.25, 0.3) is 0 Å². The van der Waals surface area contributed by atoms with Crippen LogP contribution in [0.5, 0.6) is 5.75 Å². The number of hydrogen-bond donors (Lipinski definition) is 3. The molecule has 3 unspecified atom stereocenters. The normalized spacial score (nSPS) is 28.0. The first kappa shape index (κ1) is 31.2. The lowest BCUT2D eigenvalue weighted by atomic mass is 9.66. The molecule has 3 amide bonds. The molecule has 2 aromatic carbocycles. The third-order valence-electron chi connectivity index (χ3n) is 9.51. The number of nitrogens with one attached hydrogen (secondary N) is 2. The van der Waals surface area contributed by atoms with Crippen molar-refractivity contribution in [1.82, 2.24) is 4.90 Å². The van der Waals surface area contributed by atoms with Gasteiger partial charge >= 0.3 is 0 Å². The standard InChI is InChI=1S/C33H44N4O5S/c1-6-23(19-38)37-29(31(40)35-21-10-14-24(15-11-21)36(7-2)8-3)33-20(5)18-26(43-33)27(28(33)32(37)41)30(39)34-22-12-16-25(17-13-22)42-9-4/h10-17,20,23,26-29,38H,6-9,18-19H2,1-5H3,(H,34,39)(H,35,40)/t20?,23-,26+,27-,28-,29?,33?/m0/s1. The van der Waals surface area contributed by atoms with Crippen molar-refractivity contribution in [3.63, 3.8) is 0 Å². The third-order valence-corrected chi connectivity index (χ3v) is 11.6. The van der Waals surface area contributed by atoms with Gasteiger partial charge in [-0.15, -0.1) is 11.8 Å². The molecule has 7 atom stereocenters. The van der Waals surface area contributed by atoms with Crippen LogP contribution in [0.1, 0.15) is 47.5 Å². The predicted molar refractivity (Wildman–Crippen MR) is 172 cm³/mol. The molecule has 3 heterocycles. The molecule has 3 aliphatic rings. The van der Waals surface area contributed by atoms with Crippen molar-refractivity contribution in [2.45, 2.75) is 69.5 Å². The lowest BCUT2D eigenvalue weighted by Crippen LogP contribution is -2.56. The zero-order valence-corrected chi connectivity index (χ0v) is 26.5. The minimum absolute atomic E-state index is 0.0352. The fourth-order valence-electron chi connectivity index (χ4n) is 7.45. The highest BCUT2D eigenvalue weighted by atomic mass is 32.2. The van der Waals surface area contributed by atoms with Crippen molar-refractivity contribution in [3.8, 4) is 5.75 Å². The van der Waals surface area contributed by atoms with Crippen LogP contribution in [0.2, 0.25) is 0 Å². The number of rotatable bonds is 12. The second kappa shape index (κ2) is 12.8. The average Bonchev–Trinajstić information content (AvgIpc) is 3.60. The minimum Gasteiger partial charge on any atom is -0.494 e. The van der Waals surface area contributed by atoms with Gasteiger partial charge in [0.15, 0.2) is 0 Å². The molecule has 232 valence electrons. The topological polar surface area (TPSA) is 111 Å². The van der Waals surface area contributed by atoms with E-state index in [0.29, 0.717) is 24.4 Å². The summed E-state index contributed by atoms with van der Waals surface area (Å²) in [5, 5.41) is 16.4. The zero-order chi connectivity index (χ0) is 30.9. The van der Waals surface area contributed by atoms with Gasteiger partial charge in [0.1, 0.15) is 11.8 Å². The van der Waals surface area contributed by atoms with Crippen LogP contribution in [0, 0.1) is 17.8 Å². The van der Waals surface area contributed by atoms with Crippen LogP contribution in [-0.4, -0.2) is 76.1 Å². The average molecular weight is 609 g/mol. The van der Waals surface area contributed by atoms with Crippen LogP contribution in [0.15, 0.2) is 48.5 Å². The van der Waals surface area contributed by atoms with Gasteiger partial charge in [-0.3, -0.25) is 14.4 Å². The van der Waals surface area contributed by atoms with Crippen molar-refractivity contribution < 1.29 is 24.2 Å². The molecule has 0 aromatic heterocycles. The first-order valence-corrected chi connectivity index (χ1v) is 16.4. The highest BCUT2D eigenvalue weighted by molar-refractivity contribution is 8.02. The molecule has 0 saturated carbocycles. The smallest absolute Gasteiger partial charge is 0.248 e. The predicted octanol–water partition coefficient (Wildman–Crippen LogP) is 4.62. The number of amides is 3. The van der Waals surface area contributed by atoms with Crippen LogP contribution < -0.4 is 20.3 Å². The van der Waals surface area contributed by atoms with Crippen LogP contribution in [0.3, 0.4) is 0 Å². The monoisotopic (exact) mass is 608 g/mol. The van der Waals surface area contributed by atoms with Gasteiger partial charge in [0.2, 0.25) is 17.7 Å². The summed E-state index contributed by atoms with van der Waals surface area (Å²) in [4.78, 5) is 46.3. The van der Waals surface area contributed by atoms with Crippen LogP contribution in [0.25, 0.3) is 0 Å². The largest absolute Gasteiger partial charge is 0.494 e. The number of aliphatic hydroxyl groups excluding tert-OH is 1. The number of nitrogens with zero attached hydrogens (tertiary/aromatic N) is 2. The number of hydrogen-bond acceptors (Lipinski definition) is 7. The van der Waals surface area contributed by atoms with Gasteiger partial charge < -0.3 is 30.3 Å². The molecule has 9 nitrogen and oxygen atoms in total. The van der Waals surface area contributed by atoms with Crippen LogP contribution in [0.4, 0.5) is 17.1 Å². The van der Waals surface area contributed by atoms with Crippen LogP contribution in [-0.2, 0) is 14.4 Å². The molecule has 0 radical (unpaired) electrons. The Bertz CT molecular complexity index is 1310. The molecule has 3 aliphatic heterocycles. The van der Waals surface area contributed by atoms with Crippen molar-refractivity contribution in [1.29, 1.82) is 0 Å². The fourth-order valence-corrected chi connectivity index (χ4v) is 9.86. The Hall–Kier alpha value is -3.24. The van der Waals surface area contributed by atoms with E-state index < -0.39 is 28.7 Å². The van der Waals surface area contributed by atoms with E-state index in [1.807, 2.05) is 50.2 Å². The van der Waals surface area contributed by atoms with Crippen molar-refractivity contribution in [3.05, 3.63) is 48.5 Å². The lowest BCUT2D eigenvalue weighted by molar-refractivity contribution is -0.141. The summed E-state index contributed by atoms with van der Waals surface area (Å²) in [6.07, 6.45) is 1.24. The SMILES string of the molecule is CCOc1ccc(NC(=O)[C@@H]2[C@H]3C(=O)N([C@@H](CC)CO)C(C(=O)Nc4ccc(N(CC)CC)cc4)C34S[C@@H]2CC4C)cc1. The quantitative estimate of drug-likeness (QED) is 0.323. The maximum Gasteiger partial charge on any atom is 0.248 e. The lowest BCUT2D eigenvalue weighted by Gasteiger charge is -2.40. The number of ether oxygens (including phenoxy) is 1. The molecule has 2 bridgehead atoms. The van der Waals surface area contributed by atoms with E-state index in [9.17, 15) is 19.5 Å². The van der Waals surface area contributed by atoms with E-state index in [1.54, 1.807) is 28.8 Å². The summed E-state index contributed by atoms with van der Waals surface area (Å²) in [6.45, 7) is 12.2. The molecule has 3 fully saturated rings. The molecule has 43 heavy (non-hydrogen) atoms. The van der Waals surface area contributed by atoms with E-state index in [0.717, 1.165) is 30.9 Å². The van der Waals surface area contributed by atoms with Gasteiger partial charge in [-0.05, 0) is 88.1 Å². The molecule has 5 rings (SSSR count). The molecule has 10 heteroatoms. The first-order valence-electron chi connectivity index (χ1n) is 15.5. The summed E-state index contributed by atoms with van der Waals surface area (Å²) in [7, 11) is 0. The molecule has 3 saturated heterocycles. The summed E-state index contributed by atoms with van der Waals surface area (Å²) in [5.74, 6) is -1.18. The number of carbonyl (C=O) groups excluding carboxylic acids is 3. The molecular weight excluding hydrogens is 564 g/mol. The van der Waals surface area contributed by atoms with Crippen molar-refractivity contribution >= 4 is 46.5 Å². The maximum absolute atomic E-state index is 14.3. The van der Waals surface area contributed by atoms with E-state index >= 15 is 0 Å². The molecule has 0 aliphatic carbocycles. The summed E-state index contributed by atoms with van der Waals surface area (Å²) >= 11 is 1.63. The number of fused-ring (bicyclic) bond motifs is 1. The third kappa shape index (κ3) is 5.37. The van der Waals surface area contributed by atoms with E-state index in [4.69, 9.17) is 4.74 Å². The second-order valence-corrected chi connectivity index (χ2v) is 13.2. The zero-order valence-electron chi connectivity index (χ0n) is 25.7. The summed E-state index contributed by atoms with van der Waals surface area (Å²) in [6, 6.07) is 13.6. The number of aliphatic hydroxyl groups is 1. The highest BCUT2D eigenvalue weighted by Gasteiger charge is 2.76. The first-order chi connectivity index (χ1) is 20.7. The van der Waals surface area contributed by atoms with Crippen molar-refractivity contribution in [2.24, 2.45) is 17.8 Å². The van der Waals surface area contributed by atoms with Crippen LogP contribution >= 0.6 is 11.8 Å². The Morgan fingerprint density at radius 2 is 1.63 bits per heavy atom. The Labute approximate surface area is 258 Å².